The van der Waals surface area contributed by atoms with Gasteiger partial charge in [-0.25, -0.2) is 4.39 Å². The van der Waals surface area contributed by atoms with Crippen molar-refractivity contribution in [2.24, 2.45) is 5.92 Å². The van der Waals surface area contributed by atoms with Gasteiger partial charge in [-0.1, -0.05) is 12.1 Å². The van der Waals surface area contributed by atoms with Crippen LogP contribution in [-0.2, 0) is 14.3 Å². The molecule has 106 valence electrons. The van der Waals surface area contributed by atoms with Crippen LogP contribution < -0.4 is 0 Å². The molecule has 6 heteroatoms. The lowest BCUT2D eigenvalue weighted by Gasteiger charge is -2.19. The van der Waals surface area contributed by atoms with Gasteiger partial charge in [0.15, 0.2) is 5.92 Å². The zero-order valence-corrected chi connectivity index (χ0v) is 10.9. The summed E-state index contributed by atoms with van der Waals surface area (Å²) >= 11 is 0. The smallest absolute Gasteiger partial charge is 0.323 e. The van der Waals surface area contributed by atoms with E-state index in [0.29, 0.717) is 5.56 Å². The Morgan fingerprint density at radius 1 is 1.40 bits per heavy atom. The summed E-state index contributed by atoms with van der Waals surface area (Å²) in [6.45, 7) is 1.69. The zero-order chi connectivity index (χ0) is 15.1. The number of carboxylic acids is 1. The molecule has 0 radical (unpaired) electrons. The van der Waals surface area contributed by atoms with Crippen LogP contribution in [0.1, 0.15) is 24.8 Å². The van der Waals surface area contributed by atoms with Crippen LogP contribution >= 0.6 is 0 Å². The number of esters is 1. The third-order valence-corrected chi connectivity index (χ3v) is 2.77. The quantitative estimate of drug-likeness (QED) is 0.805. The molecule has 0 bridgehead atoms. The number of nitrogens with zero attached hydrogens (tertiary/aromatic N) is 1. The van der Waals surface area contributed by atoms with Crippen molar-refractivity contribution in [3.63, 3.8) is 0 Å². The van der Waals surface area contributed by atoms with Crippen molar-refractivity contribution in [1.29, 1.82) is 5.26 Å². The summed E-state index contributed by atoms with van der Waals surface area (Å²) in [7, 11) is 0. The van der Waals surface area contributed by atoms with E-state index >= 15 is 0 Å². The summed E-state index contributed by atoms with van der Waals surface area (Å²) in [5, 5.41) is 18.0. The number of aliphatic carboxylic acids is 1. The predicted molar refractivity (Wildman–Crippen MR) is 67.1 cm³/mol. The van der Waals surface area contributed by atoms with E-state index in [9.17, 15) is 14.0 Å². The average Bonchev–Trinajstić information content (AvgIpc) is 2.39. The molecule has 1 rings (SSSR count). The molecule has 1 N–H and O–H groups in total. The molecule has 5 nitrogen and oxygen atoms in total. The van der Waals surface area contributed by atoms with E-state index in [4.69, 9.17) is 15.1 Å². The van der Waals surface area contributed by atoms with Crippen LogP contribution in [0, 0.1) is 23.1 Å². The summed E-state index contributed by atoms with van der Waals surface area (Å²) in [4.78, 5) is 22.6. The number of ether oxygens (including phenoxy) is 1. The molecule has 0 amide bonds. The predicted octanol–water partition coefficient (Wildman–Crippen LogP) is 2.09. The lowest BCUT2D eigenvalue weighted by Crippen LogP contribution is -2.25. The Hall–Kier alpha value is -2.42. The van der Waals surface area contributed by atoms with E-state index in [1.807, 2.05) is 0 Å². The van der Waals surface area contributed by atoms with E-state index < -0.39 is 36.0 Å². The van der Waals surface area contributed by atoms with E-state index in [1.54, 1.807) is 13.0 Å². The largest absolute Gasteiger partial charge is 0.481 e. The first-order valence-corrected chi connectivity index (χ1v) is 6.03. The Kier molecular flexibility index (Phi) is 5.66. The van der Waals surface area contributed by atoms with Crippen LogP contribution in [-0.4, -0.2) is 23.7 Å². The number of hydrogen-bond donors (Lipinski definition) is 1. The number of nitriles is 1. The third-order valence-electron chi connectivity index (χ3n) is 2.77. The van der Waals surface area contributed by atoms with Crippen molar-refractivity contribution in [3.8, 4) is 6.07 Å². The van der Waals surface area contributed by atoms with Crippen LogP contribution in [0.4, 0.5) is 4.39 Å². The molecular weight excluding hydrogens is 265 g/mol. The summed E-state index contributed by atoms with van der Waals surface area (Å²) in [5.41, 5.74) is 0.411. The highest BCUT2D eigenvalue weighted by molar-refractivity contribution is 5.78. The highest BCUT2D eigenvalue weighted by atomic mass is 19.1. The molecular formula is C14H14FNO4. The highest BCUT2D eigenvalue weighted by Gasteiger charge is 2.32. The molecule has 1 aromatic rings. The maximum absolute atomic E-state index is 12.9. The van der Waals surface area contributed by atoms with Crippen LogP contribution in [0.25, 0.3) is 0 Å². The number of rotatable bonds is 6. The zero-order valence-electron chi connectivity index (χ0n) is 10.9. The van der Waals surface area contributed by atoms with Gasteiger partial charge in [-0.05, 0) is 24.6 Å². The summed E-state index contributed by atoms with van der Waals surface area (Å²) < 4.78 is 17.7. The van der Waals surface area contributed by atoms with Crippen molar-refractivity contribution in [1.82, 2.24) is 0 Å². The summed E-state index contributed by atoms with van der Waals surface area (Å²) in [6.07, 6.45) is -0.414. The Morgan fingerprint density at radius 3 is 2.45 bits per heavy atom. The van der Waals surface area contributed by atoms with Crippen molar-refractivity contribution < 1.29 is 23.8 Å². The third kappa shape index (κ3) is 4.05. The van der Waals surface area contributed by atoms with Gasteiger partial charge in [0, 0.05) is 5.92 Å². The molecule has 0 saturated carbocycles. The number of hydrogen-bond acceptors (Lipinski definition) is 4. The maximum Gasteiger partial charge on any atom is 0.323 e. The highest BCUT2D eigenvalue weighted by Crippen LogP contribution is 2.29. The molecule has 2 unspecified atom stereocenters. The van der Waals surface area contributed by atoms with Gasteiger partial charge in [-0.2, -0.15) is 5.26 Å². The molecule has 0 heterocycles. The minimum absolute atomic E-state index is 0.0974. The number of halogens is 1. The Morgan fingerprint density at radius 2 is 2.00 bits per heavy atom. The maximum atomic E-state index is 12.9. The molecule has 0 aromatic heterocycles. The van der Waals surface area contributed by atoms with Gasteiger partial charge in [0.05, 0.1) is 19.1 Å². The molecule has 20 heavy (non-hydrogen) atoms. The van der Waals surface area contributed by atoms with Crippen LogP contribution in [0.5, 0.6) is 0 Å². The van der Waals surface area contributed by atoms with Crippen molar-refractivity contribution in [2.45, 2.75) is 19.3 Å². The molecule has 1 aromatic carbocycles. The van der Waals surface area contributed by atoms with Gasteiger partial charge in [0.1, 0.15) is 5.82 Å². The van der Waals surface area contributed by atoms with Gasteiger partial charge < -0.3 is 9.84 Å². The molecule has 2 atom stereocenters. The SMILES string of the molecule is CCOC(=O)C(C#N)C(CC(=O)O)c1ccc(F)cc1. The number of benzene rings is 1. The van der Waals surface area contributed by atoms with Gasteiger partial charge in [0.2, 0.25) is 0 Å². The van der Waals surface area contributed by atoms with Crippen molar-refractivity contribution in [3.05, 3.63) is 35.6 Å². The molecule has 0 saturated heterocycles. The molecule has 0 fully saturated rings. The van der Waals surface area contributed by atoms with E-state index in [1.165, 1.54) is 12.1 Å². The average molecular weight is 279 g/mol. The Balaban J connectivity index is 3.10. The fraction of sp³-hybridized carbons (Fsp3) is 0.357. The topological polar surface area (TPSA) is 87.4 Å². The van der Waals surface area contributed by atoms with Gasteiger partial charge in [-0.3, -0.25) is 9.59 Å². The lowest BCUT2D eigenvalue weighted by molar-refractivity contribution is -0.147. The minimum atomic E-state index is -1.24. The van der Waals surface area contributed by atoms with Crippen molar-refractivity contribution in [2.75, 3.05) is 6.61 Å². The fourth-order valence-corrected chi connectivity index (χ4v) is 1.87. The lowest BCUT2D eigenvalue weighted by atomic mass is 9.84. The molecule has 0 aliphatic heterocycles. The second-order valence-corrected chi connectivity index (χ2v) is 4.11. The monoisotopic (exact) mass is 279 g/mol. The van der Waals surface area contributed by atoms with E-state index in [2.05, 4.69) is 0 Å². The first-order chi connectivity index (χ1) is 9.49. The first kappa shape index (κ1) is 15.6. The van der Waals surface area contributed by atoms with Gasteiger partial charge in [-0.15, -0.1) is 0 Å². The summed E-state index contributed by atoms with van der Waals surface area (Å²) in [6, 6.07) is 6.82. The number of carbonyl (C=O) groups is 2. The number of carboxylic acid groups (broad SMARTS) is 1. The molecule has 0 aliphatic carbocycles. The minimum Gasteiger partial charge on any atom is -0.481 e. The van der Waals surface area contributed by atoms with Gasteiger partial charge in [0.25, 0.3) is 0 Å². The first-order valence-electron chi connectivity index (χ1n) is 6.03. The van der Waals surface area contributed by atoms with Gasteiger partial charge >= 0.3 is 11.9 Å². The number of carbonyl (C=O) groups excluding carboxylic acids is 1. The van der Waals surface area contributed by atoms with E-state index in [0.717, 1.165) is 12.1 Å². The fourth-order valence-electron chi connectivity index (χ4n) is 1.87. The second-order valence-electron chi connectivity index (χ2n) is 4.11. The Bertz CT molecular complexity index is 521. The van der Waals surface area contributed by atoms with Crippen LogP contribution in [0.2, 0.25) is 0 Å². The normalized spacial score (nSPS) is 13.1. The molecule has 0 spiro atoms. The van der Waals surface area contributed by atoms with E-state index in [-0.39, 0.29) is 6.61 Å². The standard InChI is InChI=1S/C14H14FNO4/c1-2-20-14(19)12(8-16)11(7-13(17)18)9-3-5-10(15)6-4-9/h3-6,11-12H,2,7H2,1H3,(H,17,18). The summed E-state index contributed by atoms with van der Waals surface area (Å²) in [5.74, 6) is -4.52. The van der Waals surface area contributed by atoms with Crippen molar-refractivity contribution >= 4 is 11.9 Å². The second kappa shape index (κ2) is 7.24. The molecule has 0 aliphatic rings. The Labute approximate surface area is 115 Å². The van der Waals surface area contributed by atoms with Crippen LogP contribution in [0.15, 0.2) is 24.3 Å². The van der Waals surface area contributed by atoms with Crippen LogP contribution in [0.3, 0.4) is 0 Å².